The molecular weight excluding hydrogens is 776 g/mol. The number of ether oxygens (including phenoxy) is 8. The molecule has 0 aromatic carbocycles. The minimum absolute atomic E-state index is 0.112. The van der Waals surface area contributed by atoms with Crippen LogP contribution in [0.5, 0.6) is 0 Å². The summed E-state index contributed by atoms with van der Waals surface area (Å²) in [5, 5.41) is 174. The van der Waals surface area contributed by atoms with Crippen molar-refractivity contribution in [2.75, 3.05) is 33.0 Å². The van der Waals surface area contributed by atoms with E-state index in [1.165, 1.54) is 0 Å². The number of carbonyl (C=O) groups excluding carboxylic acids is 1. The van der Waals surface area contributed by atoms with E-state index in [9.17, 15) is 91.6 Å². The molecule has 4 rings (SSSR count). The quantitative estimate of drug-likeness (QED) is 0.0605. The van der Waals surface area contributed by atoms with Gasteiger partial charge in [0, 0.05) is 0 Å². The number of aliphatic hydroxyl groups excluding tert-OH is 17. The van der Waals surface area contributed by atoms with Gasteiger partial charge in [-0.3, -0.25) is 0 Å². The Morgan fingerprint density at radius 3 is 1.39 bits per heavy atom. The van der Waals surface area contributed by atoms with Crippen LogP contribution in [0.1, 0.15) is 0 Å². The molecule has 4 saturated heterocycles. The highest BCUT2D eigenvalue weighted by Gasteiger charge is 2.53. The largest absolute Gasteiger partial charge is 0.394 e. The predicted molar refractivity (Wildman–Crippen MR) is 168 cm³/mol. The molecule has 328 valence electrons. The first-order valence-electron chi connectivity index (χ1n) is 17.4. The summed E-state index contributed by atoms with van der Waals surface area (Å²) in [4.78, 5) is 11.0. The minimum Gasteiger partial charge on any atom is -0.394 e. The Bertz CT molecular complexity index is 1190. The summed E-state index contributed by atoms with van der Waals surface area (Å²) in [7, 11) is 0. The van der Waals surface area contributed by atoms with Crippen molar-refractivity contribution < 1.29 is 130 Å². The molecule has 26 heteroatoms. The van der Waals surface area contributed by atoms with Gasteiger partial charge in [-0.2, -0.15) is 0 Å². The van der Waals surface area contributed by atoms with Gasteiger partial charge < -0.3 is 130 Å². The lowest BCUT2D eigenvalue weighted by molar-refractivity contribution is -0.370. The first kappa shape index (κ1) is 47.3. The van der Waals surface area contributed by atoms with Gasteiger partial charge in [0.25, 0.3) is 0 Å². The molecule has 4 aliphatic heterocycles. The van der Waals surface area contributed by atoms with E-state index in [1.54, 1.807) is 0 Å². The van der Waals surface area contributed by atoms with E-state index in [0.717, 1.165) is 0 Å². The fraction of sp³-hybridized carbons (Fsp3) is 0.967. The zero-order chi connectivity index (χ0) is 41.8. The third kappa shape index (κ3) is 10.3. The molecule has 17 N–H and O–H groups in total. The summed E-state index contributed by atoms with van der Waals surface area (Å²) in [5.41, 5.74) is 0. The number of hydrogen-bond acceptors (Lipinski definition) is 26. The monoisotopic (exact) mass is 828 g/mol. The van der Waals surface area contributed by atoms with E-state index in [2.05, 4.69) is 0 Å². The molecule has 0 saturated carbocycles. The van der Waals surface area contributed by atoms with Crippen molar-refractivity contribution in [2.45, 2.75) is 147 Å². The molecule has 0 aromatic rings. The van der Waals surface area contributed by atoms with Crippen molar-refractivity contribution in [1.82, 2.24) is 0 Å². The molecule has 0 spiro atoms. The molecule has 4 aliphatic rings. The van der Waals surface area contributed by atoms with Crippen molar-refractivity contribution in [1.29, 1.82) is 0 Å². The van der Waals surface area contributed by atoms with Crippen LogP contribution in [-0.2, 0) is 42.7 Å². The Labute approximate surface area is 316 Å². The SMILES string of the molecule is O=C[C@H](O)[C@@H](O)[C@H](O[C@H]1O[C@H](CO[C@H]2O[C@H](CO)[C@@H](O[C@H]3O[C@H](CO[C@H]4O[C@H](CO)[C@@H](O)[C@H](O)[C@H]4O)[C@@H](O)[C@H](O)[C@H]3O)[C@H](O)[C@H]2O)[C@@H](O)[C@H](O)[C@H]1O)[C@H](O)CO. The molecule has 0 amide bonds. The summed E-state index contributed by atoms with van der Waals surface area (Å²) >= 11 is 0. The Hall–Kier alpha value is -1.33. The second-order valence-electron chi connectivity index (χ2n) is 13.7. The maximum absolute atomic E-state index is 11.0. The van der Waals surface area contributed by atoms with E-state index in [4.69, 9.17) is 37.9 Å². The number of aliphatic hydroxyl groups is 17. The molecule has 0 aliphatic carbocycles. The maximum atomic E-state index is 11.0. The van der Waals surface area contributed by atoms with Gasteiger partial charge in [-0.1, -0.05) is 0 Å². The van der Waals surface area contributed by atoms with E-state index in [1.807, 2.05) is 0 Å². The molecule has 56 heavy (non-hydrogen) atoms. The van der Waals surface area contributed by atoms with Gasteiger partial charge >= 0.3 is 0 Å². The Kier molecular flexibility index (Phi) is 17.6. The predicted octanol–water partition coefficient (Wildman–Crippen LogP) is -12.1. The van der Waals surface area contributed by atoms with Gasteiger partial charge in [-0.15, -0.1) is 0 Å². The topological polar surface area (TPSA) is 435 Å². The molecular formula is C30H52O26. The number of rotatable bonds is 17. The van der Waals surface area contributed by atoms with E-state index in [0.29, 0.717) is 0 Å². The lowest BCUT2D eigenvalue weighted by atomic mass is 9.96. The Morgan fingerprint density at radius 2 is 0.911 bits per heavy atom. The van der Waals surface area contributed by atoms with Crippen LogP contribution >= 0.6 is 0 Å². The summed E-state index contributed by atoms with van der Waals surface area (Å²) < 4.78 is 43.3. The first-order valence-corrected chi connectivity index (χ1v) is 17.4. The number of hydrogen-bond donors (Lipinski definition) is 17. The number of aldehydes is 1. The maximum Gasteiger partial charge on any atom is 0.187 e. The first-order chi connectivity index (χ1) is 26.4. The smallest absolute Gasteiger partial charge is 0.187 e. The van der Waals surface area contributed by atoms with Crippen LogP contribution in [0.2, 0.25) is 0 Å². The van der Waals surface area contributed by atoms with Crippen LogP contribution in [0.25, 0.3) is 0 Å². The van der Waals surface area contributed by atoms with E-state index in [-0.39, 0.29) is 6.29 Å². The van der Waals surface area contributed by atoms with Gasteiger partial charge in [0.1, 0.15) is 122 Å². The highest BCUT2D eigenvalue weighted by atomic mass is 16.8. The molecule has 0 radical (unpaired) electrons. The highest BCUT2D eigenvalue weighted by Crippen LogP contribution is 2.32. The fourth-order valence-electron chi connectivity index (χ4n) is 6.36. The normalized spacial score (nSPS) is 47.2. The summed E-state index contributed by atoms with van der Waals surface area (Å²) in [6, 6.07) is 0. The van der Waals surface area contributed by atoms with Crippen LogP contribution in [-0.4, -0.2) is 273 Å². The van der Waals surface area contributed by atoms with Crippen LogP contribution in [0, 0.1) is 0 Å². The molecule has 0 bridgehead atoms. The van der Waals surface area contributed by atoms with Crippen LogP contribution < -0.4 is 0 Å². The van der Waals surface area contributed by atoms with E-state index < -0.39 is 180 Å². The standard InChI is InChI=1S/C30H52O26/c31-1-7(35)13(37)25(8(36)2-32)55-29-22(46)18(42)15(39)11(53-29)6-50-28-24(48)20(44)26(10(4-34)52-28)56-30-23(47)19(43)16(40)12(54-30)5-49-27-21(45)17(41)14(38)9(3-33)51-27/h1,7-30,32-48H,2-6H2/t7-,8+,9+,10+,11+,12+,13+,14+,15+,16+,17-,18-,19-,20+,21+,22+,23+,24+,25+,26+,27-,28-,29+,30+/m0/s1. The van der Waals surface area contributed by atoms with Gasteiger partial charge in [0.15, 0.2) is 31.4 Å². The average Bonchev–Trinajstić information content (AvgIpc) is 3.19. The van der Waals surface area contributed by atoms with E-state index >= 15 is 0 Å². The second kappa shape index (κ2) is 20.8. The van der Waals surface area contributed by atoms with Gasteiger partial charge in [0.05, 0.1) is 33.0 Å². The van der Waals surface area contributed by atoms with Gasteiger partial charge in [-0.05, 0) is 0 Å². The molecule has 0 unspecified atom stereocenters. The summed E-state index contributed by atoms with van der Waals surface area (Å²) in [5.74, 6) is 0. The summed E-state index contributed by atoms with van der Waals surface area (Å²) in [6.45, 7) is -4.36. The fourth-order valence-corrected chi connectivity index (χ4v) is 6.36. The third-order valence-electron chi connectivity index (χ3n) is 9.83. The zero-order valence-electron chi connectivity index (χ0n) is 29.2. The van der Waals surface area contributed by atoms with Crippen molar-refractivity contribution in [2.24, 2.45) is 0 Å². The Morgan fingerprint density at radius 1 is 0.500 bits per heavy atom. The second-order valence-corrected chi connectivity index (χ2v) is 13.7. The molecule has 4 fully saturated rings. The minimum atomic E-state index is -2.17. The Balaban J connectivity index is 1.39. The van der Waals surface area contributed by atoms with Gasteiger partial charge in [0.2, 0.25) is 0 Å². The average molecular weight is 829 g/mol. The van der Waals surface area contributed by atoms with Crippen LogP contribution in [0.15, 0.2) is 0 Å². The van der Waals surface area contributed by atoms with Crippen molar-refractivity contribution in [3.05, 3.63) is 0 Å². The van der Waals surface area contributed by atoms with Crippen molar-refractivity contribution >= 4 is 6.29 Å². The lowest BCUT2D eigenvalue weighted by Gasteiger charge is -2.47. The third-order valence-corrected chi connectivity index (χ3v) is 9.83. The van der Waals surface area contributed by atoms with Crippen molar-refractivity contribution in [3.8, 4) is 0 Å². The van der Waals surface area contributed by atoms with Crippen LogP contribution in [0.4, 0.5) is 0 Å². The zero-order valence-corrected chi connectivity index (χ0v) is 29.2. The van der Waals surface area contributed by atoms with Crippen molar-refractivity contribution in [3.63, 3.8) is 0 Å². The molecule has 24 atom stereocenters. The van der Waals surface area contributed by atoms with Gasteiger partial charge in [-0.25, -0.2) is 0 Å². The lowest BCUT2D eigenvalue weighted by Crippen LogP contribution is -2.65. The summed E-state index contributed by atoms with van der Waals surface area (Å²) in [6.07, 6.45) is -45.3. The highest BCUT2D eigenvalue weighted by molar-refractivity contribution is 5.56. The molecule has 4 heterocycles. The molecule has 0 aromatic heterocycles. The number of carbonyl (C=O) groups is 1. The molecule has 26 nitrogen and oxygen atoms in total. The van der Waals surface area contributed by atoms with Crippen LogP contribution in [0.3, 0.4) is 0 Å².